The molecule has 0 radical (unpaired) electrons. The molecule has 0 rings (SSSR count). The Kier molecular flexibility index (Phi) is 10.6. The number of ether oxygens (including phenoxy) is 2. The van der Waals surface area contributed by atoms with Gasteiger partial charge in [-0.2, -0.15) is 17.6 Å². The Labute approximate surface area is 106 Å². The average molecular weight is 320 g/mol. The molecule has 120 valence electrons. The molecular weight excluding hydrogens is 312 g/mol. The van der Waals surface area contributed by atoms with Crippen LogP contribution in [0.2, 0.25) is 0 Å². The Morgan fingerprint density at radius 1 is 0.950 bits per heavy atom. The van der Waals surface area contributed by atoms with Crippen molar-refractivity contribution >= 4 is 11.9 Å². The van der Waals surface area contributed by atoms with Gasteiger partial charge in [0.1, 0.15) is 0 Å². The van der Waals surface area contributed by atoms with E-state index in [0.717, 1.165) is 0 Å². The third kappa shape index (κ3) is 14.4. The van der Waals surface area contributed by atoms with Crippen LogP contribution in [0.15, 0.2) is 0 Å². The lowest BCUT2D eigenvalue weighted by atomic mass is 10.7. The summed E-state index contributed by atoms with van der Waals surface area (Å²) in [6.07, 6.45) is -11.0. The Morgan fingerprint density at radius 2 is 1.40 bits per heavy atom. The lowest BCUT2D eigenvalue weighted by Crippen LogP contribution is -2.21. The number of halogens is 8. The molecule has 0 amide bonds. The van der Waals surface area contributed by atoms with E-state index in [0.29, 0.717) is 0 Å². The van der Waals surface area contributed by atoms with E-state index in [1.807, 2.05) is 0 Å². The first-order valence-electron chi connectivity index (χ1n) is 4.49. The maximum absolute atomic E-state index is 11.6. The Bertz CT molecular complexity index is 293. The molecular formula is C8H8F8O4. The molecule has 0 saturated carbocycles. The van der Waals surface area contributed by atoms with Gasteiger partial charge in [-0.3, -0.25) is 0 Å². The smallest absolute Gasteiger partial charge is 0.422 e. The minimum atomic E-state index is -4.58. The van der Waals surface area contributed by atoms with E-state index in [2.05, 4.69) is 9.47 Å². The van der Waals surface area contributed by atoms with E-state index in [1.165, 1.54) is 0 Å². The van der Waals surface area contributed by atoms with Gasteiger partial charge in [-0.15, -0.1) is 0 Å². The second kappa shape index (κ2) is 10.2. The molecule has 0 fully saturated rings. The summed E-state index contributed by atoms with van der Waals surface area (Å²) >= 11 is 0. The number of carbonyl (C=O) groups is 2. The fraction of sp³-hybridized carbons (Fsp3) is 0.750. The molecule has 0 bridgehead atoms. The summed E-state index contributed by atoms with van der Waals surface area (Å²) in [4.78, 5) is 19.5. The van der Waals surface area contributed by atoms with Crippen LogP contribution in [0.25, 0.3) is 0 Å². The number of esters is 2. The van der Waals surface area contributed by atoms with E-state index in [9.17, 15) is 44.7 Å². The second-order valence-corrected chi connectivity index (χ2v) is 2.72. The highest BCUT2D eigenvalue weighted by atomic mass is 19.4. The lowest BCUT2D eigenvalue weighted by Gasteiger charge is -2.05. The molecule has 0 aromatic rings. The molecule has 0 aromatic carbocycles. The first-order chi connectivity index (χ1) is 9.03. The maximum atomic E-state index is 11.6. The zero-order valence-electron chi connectivity index (χ0n) is 9.43. The number of rotatable bonds is 5. The molecule has 0 heterocycles. The van der Waals surface area contributed by atoms with Gasteiger partial charge >= 0.3 is 30.9 Å². The normalized spacial score (nSPS) is 12.2. The van der Waals surface area contributed by atoms with Crippen LogP contribution in [-0.2, 0) is 19.1 Å². The van der Waals surface area contributed by atoms with Gasteiger partial charge in [-0.1, -0.05) is 0 Å². The zero-order chi connectivity index (χ0) is 16.3. The highest BCUT2D eigenvalue weighted by Crippen LogP contribution is 2.14. The molecule has 0 N–H and O–H groups in total. The van der Waals surface area contributed by atoms with Crippen molar-refractivity contribution < 1.29 is 54.2 Å². The first-order valence-corrected chi connectivity index (χ1v) is 4.49. The predicted molar refractivity (Wildman–Crippen MR) is 46.0 cm³/mol. The molecule has 0 saturated heterocycles. The van der Waals surface area contributed by atoms with Gasteiger partial charge in [-0.05, 0) is 0 Å². The van der Waals surface area contributed by atoms with Gasteiger partial charge in [0.05, 0.1) is 0 Å². The molecule has 4 nitrogen and oxygen atoms in total. The molecule has 0 aliphatic heterocycles. The fourth-order valence-electron chi connectivity index (χ4n) is 0.409. The fourth-order valence-corrected chi connectivity index (χ4v) is 0.409. The summed E-state index contributed by atoms with van der Waals surface area (Å²) in [6.45, 7) is -4.86. The summed E-state index contributed by atoms with van der Waals surface area (Å²) in [6, 6.07) is 0. The van der Waals surface area contributed by atoms with Crippen LogP contribution in [0.4, 0.5) is 35.1 Å². The van der Waals surface area contributed by atoms with Crippen molar-refractivity contribution in [2.75, 3.05) is 20.0 Å². The monoisotopic (exact) mass is 320 g/mol. The van der Waals surface area contributed by atoms with Crippen molar-refractivity contribution in [3.05, 3.63) is 0 Å². The number of hydrogen-bond donors (Lipinski definition) is 0. The predicted octanol–water partition coefficient (Wildman–Crippen LogP) is 2.12. The minimum Gasteiger partial charge on any atom is -0.454 e. The van der Waals surface area contributed by atoms with Crippen LogP contribution in [0.1, 0.15) is 0 Å². The summed E-state index contributed by atoms with van der Waals surface area (Å²) in [5.41, 5.74) is 0. The highest BCUT2D eigenvalue weighted by Gasteiger charge is 2.29. The van der Waals surface area contributed by atoms with Gasteiger partial charge in [0, 0.05) is 0 Å². The molecule has 1 atom stereocenters. The van der Waals surface area contributed by atoms with E-state index in [4.69, 9.17) is 0 Å². The second-order valence-electron chi connectivity index (χ2n) is 2.72. The summed E-state index contributed by atoms with van der Waals surface area (Å²) < 4.78 is 96.3. The third-order valence-corrected chi connectivity index (χ3v) is 1.06. The largest absolute Gasteiger partial charge is 0.454 e. The van der Waals surface area contributed by atoms with Crippen molar-refractivity contribution in [2.45, 2.75) is 19.0 Å². The summed E-state index contributed by atoms with van der Waals surface area (Å²) in [5.74, 6) is -3.13. The molecule has 0 aliphatic carbocycles. The van der Waals surface area contributed by atoms with Crippen molar-refractivity contribution in [2.24, 2.45) is 0 Å². The van der Waals surface area contributed by atoms with Crippen LogP contribution in [0, 0.1) is 0 Å². The molecule has 12 heteroatoms. The van der Waals surface area contributed by atoms with Crippen LogP contribution in [0.3, 0.4) is 0 Å². The quantitative estimate of drug-likeness (QED) is 0.575. The standard InChI is InChI=1S/2C4H4F4O2/c5-1-3(9)10-2-4(6,7)8;5-1-2(9)10-4(8)3(6)7/h1-2H2;3-4H,1H2. The maximum Gasteiger partial charge on any atom is 0.422 e. The SMILES string of the molecule is O=C(CF)OC(F)C(F)F.O=C(CF)OCC(F)(F)F. The van der Waals surface area contributed by atoms with Gasteiger partial charge in [-0.25, -0.2) is 27.2 Å². The zero-order valence-corrected chi connectivity index (χ0v) is 9.43. The van der Waals surface area contributed by atoms with Crippen molar-refractivity contribution in [3.8, 4) is 0 Å². The first kappa shape index (κ1) is 20.7. The van der Waals surface area contributed by atoms with E-state index < -0.39 is 50.9 Å². The summed E-state index contributed by atoms with van der Waals surface area (Å²) in [5, 5.41) is 0. The summed E-state index contributed by atoms with van der Waals surface area (Å²) in [7, 11) is 0. The lowest BCUT2D eigenvalue weighted by molar-refractivity contribution is -0.186. The molecule has 20 heavy (non-hydrogen) atoms. The Hall–Kier alpha value is -1.62. The van der Waals surface area contributed by atoms with Crippen molar-refractivity contribution in [1.29, 1.82) is 0 Å². The van der Waals surface area contributed by atoms with E-state index in [1.54, 1.807) is 0 Å². The average Bonchev–Trinajstić information content (AvgIpc) is 2.35. The van der Waals surface area contributed by atoms with Gasteiger partial charge in [0.25, 0.3) is 0 Å². The van der Waals surface area contributed by atoms with Crippen molar-refractivity contribution in [1.82, 2.24) is 0 Å². The number of hydrogen-bond acceptors (Lipinski definition) is 4. The molecule has 1 unspecified atom stereocenters. The van der Waals surface area contributed by atoms with Gasteiger partial charge in [0.15, 0.2) is 20.0 Å². The number of alkyl halides is 8. The van der Waals surface area contributed by atoms with Crippen LogP contribution in [0.5, 0.6) is 0 Å². The van der Waals surface area contributed by atoms with Crippen LogP contribution in [-0.4, -0.2) is 50.9 Å². The Balaban J connectivity index is 0. The van der Waals surface area contributed by atoms with E-state index >= 15 is 0 Å². The number of carbonyl (C=O) groups excluding carboxylic acids is 2. The molecule has 0 aromatic heterocycles. The van der Waals surface area contributed by atoms with Gasteiger partial charge in [0.2, 0.25) is 0 Å². The topological polar surface area (TPSA) is 52.6 Å². The minimum absolute atomic E-state index is 1.50. The van der Waals surface area contributed by atoms with Crippen LogP contribution >= 0.6 is 0 Å². The van der Waals surface area contributed by atoms with Crippen LogP contribution < -0.4 is 0 Å². The third-order valence-electron chi connectivity index (χ3n) is 1.06. The highest BCUT2D eigenvalue weighted by molar-refractivity contribution is 5.70. The Morgan fingerprint density at radius 3 is 1.70 bits per heavy atom. The molecule has 0 aliphatic rings. The van der Waals surface area contributed by atoms with Gasteiger partial charge < -0.3 is 9.47 Å². The molecule has 0 spiro atoms. The van der Waals surface area contributed by atoms with Crippen molar-refractivity contribution in [3.63, 3.8) is 0 Å². The van der Waals surface area contributed by atoms with E-state index in [-0.39, 0.29) is 0 Å².